The van der Waals surface area contributed by atoms with Crippen molar-refractivity contribution in [2.45, 2.75) is 6.92 Å². The molecule has 2 heterocycles. The number of aryl methyl sites for hydroxylation is 1. The quantitative estimate of drug-likeness (QED) is 0.766. The van der Waals surface area contributed by atoms with Crippen LogP contribution in [0, 0.1) is 6.92 Å². The Hall–Kier alpha value is -2.11. The lowest BCUT2D eigenvalue weighted by atomic mass is 10.2. The number of amides is 1. The molecular weight excluding hydrogens is 308 g/mol. The largest absolute Gasteiger partial charge is 0.456 e. The third-order valence-electron chi connectivity index (χ3n) is 2.84. The third-order valence-corrected chi connectivity index (χ3v) is 3.93. The maximum Gasteiger partial charge on any atom is 0.293 e. The minimum Gasteiger partial charge on any atom is -0.456 e. The fourth-order valence-electron chi connectivity index (χ4n) is 1.84. The lowest BCUT2D eigenvalue weighted by Gasteiger charge is -2.00. The van der Waals surface area contributed by atoms with Crippen LogP contribution in [-0.2, 0) is 0 Å². The normalized spacial score (nSPS) is 10.6. The number of benzene rings is 1. The van der Waals surface area contributed by atoms with Crippen molar-refractivity contribution in [3.8, 4) is 11.3 Å². The Morgan fingerprint density at radius 2 is 2.10 bits per heavy atom. The number of nitrogens with zero attached hydrogens (tertiary/aromatic N) is 1. The van der Waals surface area contributed by atoms with Crippen LogP contribution in [-0.4, -0.2) is 10.9 Å². The zero-order valence-electron chi connectivity index (χ0n) is 11.1. The summed E-state index contributed by atoms with van der Waals surface area (Å²) in [5.74, 6) is 0.640. The Labute approximate surface area is 130 Å². The molecule has 0 atom stereocenters. The van der Waals surface area contributed by atoms with E-state index in [0.29, 0.717) is 15.9 Å². The number of carbonyl (C=O) groups excluding carboxylic acids is 1. The van der Waals surface area contributed by atoms with Gasteiger partial charge in [-0.3, -0.25) is 10.1 Å². The molecule has 0 aliphatic heterocycles. The van der Waals surface area contributed by atoms with Crippen molar-refractivity contribution in [3.05, 3.63) is 58.3 Å². The molecule has 0 radical (unpaired) electrons. The number of furan rings is 1. The maximum atomic E-state index is 12.0. The molecule has 3 rings (SSSR count). The molecule has 21 heavy (non-hydrogen) atoms. The highest BCUT2D eigenvalue weighted by Crippen LogP contribution is 2.30. The highest BCUT2D eigenvalue weighted by atomic mass is 35.5. The maximum absolute atomic E-state index is 12.0. The zero-order chi connectivity index (χ0) is 14.8. The molecule has 3 aromatic rings. The molecule has 2 aromatic heterocycles. The van der Waals surface area contributed by atoms with Gasteiger partial charge in [-0.2, -0.15) is 0 Å². The van der Waals surface area contributed by atoms with E-state index in [9.17, 15) is 4.79 Å². The topological polar surface area (TPSA) is 55.1 Å². The molecule has 1 N–H and O–H groups in total. The Balaban J connectivity index is 1.80. The number of halogens is 1. The first-order chi connectivity index (χ1) is 10.1. The number of thiazole rings is 1. The Bertz CT molecular complexity index is 794. The number of nitrogens with one attached hydrogen (secondary N) is 1. The van der Waals surface area contributed by atoms with Crippen molar-refractivity contribution in [3.63, 3.8) is 0 Å². The zero-order valence-corrected chi connectivity index (χ0v) is 12.7. The SMILES string of the molecule is Cc1ccc(C(=O)Nc2nc(-c3ccccc3Cl)cs2)o1. The summed E-state index contributed by atoms with van der Waals surface area (Å²) >= 11 is 7.47. The monoisotopic (exact) mass is 318 g/mol. The van der Waals surface area contributed by atoms with E-state index in [1.165, 1.54) is 11.3 Å². The van der Waals surface area contributed by atoms with E-state index < -0.39 is 0 Å². The van der Waals surface area contributed by atoms with Crippen molar-refractivity contribution in [2.24, 2.45) is 0 Å². The summed E-state index contributed by atoms with van der Waals surface area (Å²) < 4.78 is 5.27. The molecule has 0 saturated carbocycles. The summed E-state index contributed by atoms with van der Waals surface area (Å²) in [5.41, 5.74) is 1.57. The van der Waals surface area contributed by atoms with Crippen LogP contribution in [0.2, 0.25) is 5.02 Å². The molecule has 0 unspecified atom stereocenters. The van der Waals surface area contributed by atoms with Gasteiger partial charge in [-0.25, -0.2) is 4.98 Å². The number of hydrogen-bond donors (Lipinski definition) is 1. The second-order valence-electron chi connectivity index (χ2n) is 4.38. The van der Waals surface area contributed by atoms with Gasteiger partial charge in [0.1, 0.15) is 5.76 Å². The summed E-state index contributed by atoms with van der Waals surface area (Å²) in [6, 6.07) is 10.8. The van der Waals surface area contributed by atoms with Crippen LogP contribution in [0.5, 0.6) is 0 Å². The first-order valence-electron chi connectivity index (χ1n) is 6.22. The van der Waals surface area contributed by atoms with Crippen molar-refractivity contribution in [2.75, 3.05) is 5.32 Å². The number of anilines is 1. The van der Waals surface area contributed by atoms with Crippen molar-refractivity contribution >= 4 is 34.0 Å². The Morgan fingerprint density at radius 3 is 2.81 bits per heavy atom. The van der Waals surface area contributed by atoms with Gasteiger partial charge in [-0.05, 0) is 25.1 Å². The third kappa shape index (κ3) is 2.99. The van der Waals surface area contributed by atoms with Crippen LogP contribution in [0.4, 0.5) is 5.13 Å². The number of rotatable bonds is 3. The van der Waals surface area contributed by atoms with Gasteiger partial charge in [0.05, 0.1) is 5.69 Å². The van der Waals surface area contributed by atoms with E-state index in [4.69, 9.17) is 16.0 Å². The van der Waals surface area contributed by atoms with Crippen LogP contribution >= 0.6 is 22.9 Å². The summed E-state index contributed by atoms with van der Waals surface area (Å²) in [4.78, 5) is 16.3. The molecule has 0 fully saturated rings. The van der Waals surface area contributed by atoms with Gasteiger partial charge in [-0.15, -0.1) is 11.3 Å². The summed E-state index contributed by atoms with van der Waals surface area (Å²) in [6.07, 6.45) is 0. The average Bonchev–Trinajstić information content (AvgIpc) is 3.08. The second-order valence-corrected chi connectivity index (χ2v) is 5.65. The van der Waals surface area contributed by atoms with Crippen LogP contribution in [0.3, 0.4) is 0 Å². The van der Waals surface area contributed by atoms with Gasteiger partial charge in [0.15, 0.2) is 10.9 Å². The van der Waals surface area contributed by atoms with E-state index in [2.05, 4.69) is 10.3 Å². The van der Waals surface area contributed by atoms with Crippen LogP contribution in [0.1, 0.15) is 16.3 Å². The molecule has 0 bridgehead atoms. The molecule has 0 saturated heterocycles. The standard InChI is InChI=1S/C15H11ClN2O2S/c1-9-6-7-13(20-9)14(19)18-15-17-12(8-21-15)10-4-2-3-5-11(10)16/h2-8H,1H3,(H,17,18,19). The number of carbonyl (C=O) groups is 1. The summed E-state index contributed by atoms with van der Waals surface area (Å²) in [5, 5.41) is 5.70. The molecule has 0 spiro atoms. The van der Waals surface area contributed by atoms with Crippen molar-refractivity contribution < 1.29 is 9.21 Å². The predicted molar refractivity (Wildman–Crippen MR) is 84.0 cm³/mol. The molecule has 0 aliphatic carbocycles. The Morgan fingerprint density at radius 1 is 1.29 bits per heavy atom. The van der Waals surface area contributed by atoms with Gasteiger partial charge in [0, 0.05) is 16.0 Å². The molecule has 106 valence electrons. The minimum atomic E-state index is -0.317. The number of hydrogen-bond acceptors (Lipinski definition) is 4. The first kappa shape index (κ1) is 13.9. The van der Waals surface area contributed by atoms with Crippen molar-refractivity contribution in [1.82, 2.24) is 4.98 Å². The lowest BCUT2D eigenvalue weighted by Crippen LogP contribution is -2.10. The van der Waals surface area contributed by atoms with Gasteiger partial charge in [0.25, 0.3) is 5.91 Å². The molecule has 6 heteroatoms. The smallest absolute Gasteiger partial charge is 0.293 e. The van der Waals surface area contributed by atoms with E-state index in [0.717, 1.165) is 11.3 Å². The molecular formula is C15H11ClN2O2S. The summed E-state index contributed by atoms with van der Waals surface area (Å²) in [7, 11) is 0. The second kappa shape index (κ2) is 5.71. The highest BCUT2D eigenvalue weighted by Gasteiger charge is 2.13. The van der Waals surface area contributed by atoms with Crippen molar-refractivity contribution in [1.29, 1.82) is 0 Å². The molecule has 4 nitrogen and oxygen atoms in total. The highest BCUT2D eigenvalue weighted by molar-refractivity contribution is 7.14. The molecule has 0 aliphatic rings. The van der Waals surface area contributed by atoms with Gasteiger partial charge < -0.3 is 4.42 Å². The van der Waals surface area contributed by atoms with Gasteiger partial charge in [-0.1, -0.05) is 29.8 Å². The first-order valence-corrected chi connectivity index (χ1v) is 7.47. The fraction of sp³-hybridized carbons (Fsp3) is 0.0667. The van der Waals surface area contributed by atoms with E-state index in [1.807, 2.05) is 23.6 Å². The van der Waals surface area contributed by atoms with E-state index in [-0.39, 0.29) is 11.7 Å². The predicted octanol–water partition coefficient (Wildman–Crippen LogP) is 4.62. The van der Waals surface area contributed by atoms with Crippen LogP contribution in [0.15, 0.2) is 46.2 Å². The lowest BCUT2D eigenvalue weighted by molar-refractivity contribution is 0.0995. The molecule has 1 aromatic carbocycles. The van der Waals surface area contributed by atoms with Gasteiger partial charge in [0.2, 0.25) is 0 Å². The van der Waals surface area contributed by atoms with Gasteiger partial charge >= 0.3 is 0 Å². The van der Waals surface area contributed by atoms with E-state index >= 15 is 0 Å². The van der Waals surface area contributed by atoms with Crippen LogP contribution < -0.4 is 5.32 Å². The van der Waals surface area contributed by atoms with Crippen LogP contribution in [0.25, 0.3) is 11.3 Å². The average molecular weight is 319 g/mol. The van der Waals surface area contributed by atoms with E-state index in [1.54, 1.807) is 25.1 Å². The Kier molecular flexibility index (Phi) is 3.77. The number of aromatic nitrogens is 1. The fourth-order valence-corrected chi connectivity index (χ4v) is 2.78. The molecule has 1 amide bonds. The summed E-state index contributed by atoms with van der Waals surface area (Å²) in [6.45, 7) is 1.79. The minimum absolute atomic E-state index is 0.266.